The van der Waals surface area contributed by atoms with Crippen LogP contribution in [-0.4, -0.2) is 26.3 Å². The molecule has 1 aliphatic rings. The number of benzene rings is 2. The number of halogens is 1. The lowest BCUT2D eigenvalue weighted by molar-refractivity contribution is 0.0933. The molecule has 1 atom stereocenters. The van der Waals surface area contributed by atoms with E-state index < -0.39 is 15.5 Å². The molecule has 0 saturated carbocycles. The molecule has 1 unspecified atom stereocenters. The normalized spacial score (nSPS) is 15.3. The van der Waals surface area contributed by atoms with Gasteiger partial charge in [-0.05, 0) is 30.7 Å². The predicted octanol–water partition coefficient (Wildman–Crippen LogP) is 3.38. The molecule has 0 spiro atoms. The van der Waals surface area contributed by atoms with E-state index in [-0.39, 0.29) is 11.5 Å². The van der Waals surface area contributed by atoms with Crippen molar-refractivity contribution < 1.29 is 22.3 Å². The Labute approximate surface area is 139 Å². The lowest BCUT2D eigenvalue weighted by atomic mass is 9.98. The number of sulfonamides is 1. The van der Waals surface area contributed by atoms with E-state index in [0.717, 1.165) is 6.92 Å². The van der Waals surface area contributed by atoms with Crippen LogP contribution in [0.3, 0.4) is 0 Å². The van der Waals surface area contributed by atoms with Crippen molar-refractivity contribution in [1.82, 2.24) is 0 Å². The van der Waals surface area contributed by atoms with Crippen LogP contribution in [0.5, 0.6) is 5.75 Å². The Morgan fingerprint density at radius 1 is 1.17 bits per heavy atom. The highest BCUT2D eigenvalue weighted by molar-refractivity contribution is 7.93. The number of fused-ring (bicyclic) bond motifs is 1. The third-order valence-corrected chi connectivity index (χ3v) is 5.15. The molecular weight excluding hydrogens is 333 g/mol. The smallest absolute Gasteiger partial charge is 0.264 e. The van der Waals surface area contributed by atoms with Crippen LogP contribution >= 0.6 is 0 Å². The molecule has 24 heavy (non-hydrogen) atoms. The standard InChI is InChI=1S/C17H16FNO4S/c1-11(18)24(21,22)19-15-5-3-2-4-13(15)12-6-7-14-16(20)8-9-23-17(14)10-12/h2-7,10-11,19H,8-9H2,1H3. The first-order valence-corrected chi connectivity index (χ1v) is 8.98. The number of anilines is 1. The minimum Gasteiger partial charge on any atom is -0.492 e. The van der Waals surface area contributed by atoms with E-state index in [1.165, 1.54) is 0 Å². The highest BCUT2D eigenvalue weighted by atomic mass is 32.2. The molecule has 1 aliphatic heterocycles. The van der Waals surface area contributed by atoms with Gasteiger partial charge in [0.25, 0.3) is 10.0 Å². The molecule has 1 N–H and O–H groups in total. The molecule has 7 heteroatoms. The summed E-state index contributed by atoms with van der Waals surface area (Å²) in [4.78, 5) is 11.8. The Balaban J connectivity index is 2.03. The van der Waals surface area contributed by atoms with E-state index >= 15 is 0 Å². The van der Waals surface area contributed by atoms with Gasteiger partial charge in [-0.25, -0.2) is 12.8 Å². The third-order valence-electron chi connectivity index (χ3n) is 3.79. The quantitative estimate of drug-likeness (QED) is 0.918. The van der Waals surface area contributed by atoms with Crippen LogP contribution in [0, 0.1) is 0 Å². The maximum absolute atomic E-state index is 13.3. The summed E-state index contributed by atoms with van der Waals surface area (Å²) in [5.74, 6) is 0.489. The zero-order chi connectivity index (χ0) is 17.3. The summed E-state index contributed by atoms with van der Waals surface area (Å²) in [6, 6.07) is 11.7. The van der Waals surface area contributed by atoms with Crippen LogP contribution in [-0.2, 0) is 10.0 Å². The summed E-state index contributed by atoms with van der Waals surface area (Å²) in [6.07, 6.45) is 0.344. The van der Waals surface area contributed by atoms with Gasteiger partial charge in [0.15, 0.2) is 5.78 Å². The van der Waals surface area contributed by atoms with Crippen molar-refractivity contribution in [2.24, 2.45) is 0 Å². The number of carbonyl (C=O) groups excluding carboxylic acids is 1. The van der Waals surface area contributed by atoms with Gasteiger partial charge < -0.3 is 4.74 Å². The summed E-state index contributed by atoms with van der Waals surface area (Å²) in [5, 5.41) is 0. The number of hydrogen-bond donors (Lipinski definition) is 1. The molecule has 0 bridgehead atoms. The number of Topliss-reactive ketones (excluding diaryl/α,β-unsaturated/α-hetero) is 1. The largest absolute Gasteiger partial charge is 0.492 e. The molecular formula is C17H16FNO4S. The van der Waals surface area contributed by atoms with Crippen molar-refractivity contribution in [3.8, 4) is 16.9 Å². The summed E-state index contributed by atoms with van der Waals surface area (Å²) in [5.41, 5.74) is -0.000944. The Kier molecular flexibility index (Phi) is 4.28. The molecule has 126 valence electrons. The van der Waals surface area contributed by atoms with Gasteiger partial charge in [-0.3, -0.25) is 9.52 Å². The topological polar surface area (TPSA) is 72.5 Å². The molecule has 2 aromatic carbocycles. The number of ketones is 1. The van der Waals surface area contributed by atoms with Gasteiger partial charge in [-0.15, -0.1) is 0 Å². The average Bonchev–Trinajstić information content (AvgIpc) is 2.55. The molecule has 1 heterocycles. The van der Waals surface area contributed by atoms with E-state index in [2.05, 4.69) is 4.72 Å². The molecule has 2 aromatic rings. The number of rotatable bonds is 4. The summed E-state index contributed by atoms with van der Waals surface area (Å²) >= 11 is 0. The monoisotopic (exact) mass is 349 g/mol. The second-order valence-corrected chi connectivity index (χ2v) is 7.41. The molecule has 0 saturated heterocycles. The number of ether oxygens (including phenoxy) is 1. The van der Waals surface area contributed by atoms with Gasteiger partial charge in [0, 0.05) is 12.0 Å². The van der Waals surface area contributed by atoms with Crippen molar-refractivity contribution in [1.29, 1.82) is 0 Å². The fraction of sp³-hybridized carbons (Fsp3) is 0.235. The SMILES string of the molecule is CC(F)S(=O)(=O)Nc1ccccc1-c1ccc2c(c1)OCCC2=O. The Hall–Kier alpha value is -2.41. The Morgan fingerprint density at radius 2 is 1.92 bits per heavy atom. The summed E-state index contributed by atoms with van der Waals surface area (Å²) in [7, 11) is -4.11. The van der Waals surface area contributed by atoms with E-state index in [1.807, 2.05) is 0 Å². The first kappa shape index (κ1) is 16.4. The van der Waals surface area contributed by atoms with Crippen molar-refractivity contribution in [3.63, 3.8) is 0 Å². The van der Waals surface area contributed by atoms with Crippen LogP contribution in [0.25, 0.3) is 11.1 Å². The highest BCUT2D eigenvalue weighted by Crippen LogP contribution is 2.34. The van der Waals surface area contributed by atoms with Gasteiger partial charge >= 0.3 is 0 Å². The fourth-order valence-electron chi connectivity index (χ4n) is 2.49. The number of nitrogens with one attached hydrogen (secondary N) is 1. The second kappa shape index (κ2) is 6.24. The van der Waals surface area contributed by atoms with Crippen molar-refractivity contribution >= 4 is 21.5 Å². The number of carbonyl (C=O) groups is 1. The zero-order valence-electron chi connectivity index (χ0n) is 13.0. The Bertz CT molecular complexity index is 893. The molecule has 0 aliphatic carbocycles. The lowest BCUT2D eigenvalue weighted by Gasteiger charge is -2.18. The molecule has 0 aromatic heterocycles. The number of hydrogen-bond acceptors (Lipinski definition) is 4. The van der Waals surface area contributed by atoms with Gasteiger partial charge in [0.05, 0.1) is 17.9 Å². The number of alkyl halides is 1. The van der Waals surface area contributed by atoms with Crippen molar-refractivity contribution in [3.05, 3.63) is 48.0 Å². The highest BCUT2D eigenvalue weighted by Gasteiger charge is 2.22. The van der Waals surface area contributed by atoms with Crippen LogP contribution < -0.4 is 9.46 Å². The van der Waals surface area contributed by atoms with Crippen molar-refractivity contribution in [2.75, 3.05) is 11.3 Å². The Morgan fingerprint density at radius 3 is 2.67 bits per heavy atom. The number of para-hydroxylation sites is 1. The molecule has 5 nitrogen and oxygen atoms in total. The maximum atomic E-state index is 13.3. The fourth-order valence-corrected chi connectivity index (χ4v) is 3.13. The third kappa shape index (κ3) is 3.12. The van der Waals surface area contributed by atoms with Gasteiger partial charge in [0.1, 0.15) is 5.75 Å². The predicted molar refractivity (Wildman–Crippen MR) is 89.4 cm³/mol. The molecule has 0 amide bonds. The van der Waals surface area contributed by atoms with Crippen molar-refractivity contribution in [2.45, 2.75) is 18.8 Å². The first-order chi connectivity index (χ1) is 11.4. The lowest BCUT2D eigenvalue weighted by Crippen LogP contribution is -2.21. The first-order valence-electron chi connectivity index (χ1n) is 7.43. The van der Waals surface area contributed by atoms with Crippen LogP contribution in [0.15, 0.2) is 42.5 Å². The van der Waals surface area contributed by atoms with E-state index in [0.29, 0.717) is 35.5 Å². The van der Waals surface area contributed by atoms with E-state index in [9.17, 15) is 17.6 Å². The van der Waals surface area contributed by atoms with Gasteiger partial charge in [0.2, 0.25) is 5.50 Å². The van der Waals surface area contributed by atoms with E-state index in [4.69, 9.17) is 4.74 Å². The summed E-state index contributed by atoms with van der Waals surface area (Å²) in [6.45, 7) is 1.28. The summed E-state index contributed by atoms with van der Waals surface area (Å²) < 4.78 is 44.6. The second-order valence-electron chi connectivity index (χ2n) is 5.47. The maximum Gasteiger partial charge on any atom is 0.264 e. The minimum absolute atomic E-state index is 0.0167. The van der Waals surface area contributed by atoms with E-state index in [1.54, 1.807) is 42.5 Å². The molecule has 0 radical (unpaired) electrons. The minimum atomic E-state index is -4.11. The average molecular weight is 349 g/mol. The molecule has 0 fully saturated rings. The van der Waals surface area contributed by atoms with Gasteiger partial charge in [-0.2, -0.15) is 0 Å². The zero-order valence-corrected chi connectivity index (χ0v) is 13.8. The van der Waals surface area contributed by atoms with Crippen LogP contribution in [0.2, 0.25) is 0 Å². The molecule has 3 rings (SSSR count). The van der Waals surface area contributed by atoms with Crippen LogP contribution in [0.4, 0.5) is 10.1 Å². The van der Waals surface area contributed by atoms with Crippen LogP contribution in [0.1, 0.15) is 23.7 Å². The van der Waals surface area contributed by atoms with Gasteiger partial charge in [-0.1, -0.05) is 24.3 Å².